The lowest BCUT2D eigenvalue weighted by molar-refractivity contribution is 0.249. The molecule has 4 heteroatoms. The zero-order valence-corrected chi connectivity index (χ0v) is 15.6. The van der Waals surface area contributed by atoms with Gasteiger partial charge >= 0.3 is 0 Å². The fourth-order valence-electron chi connectivity index (χ4n) is 3.54. The third-order valence-electron chi connectivity index (χ3n) is 5.04. The van der Waals surface area contributed by atoms with Gasteiger partial charge in [-0.25, -0.2) is 9.97 Å². The van der Waals surface area contributed by atoms with Crippen LogP contribution in [-0.2, 0) is 6.54 Å². The molecule has 1 fully saturated rings. The SMILES string of the molecule is CC(C)c1nc(N2CCN(Cc3ccccc3)CC2)c2ccccc2n1. The molecule has 1 aromatic heterocycles. The first-order valence-corrected chi connectivity index (χ1v) is 9.48. The Morgan fingerprint density at radius 1 is 0.846 bits per heavy atom. The van der Waals surface area contributed by atoms with Crippen LogP contribution in [0.2, 0.25) is 0 Å². The molecule has 134 valence electrons. The molecule has 0 aliphatic carbocycles. The van der Waals surface area contributed by atoms with Gasteiger partial charge in [-0.2, -0.15) is 0 Å². The lowest BCUT2D eigenvalue weighted by atomic mass is 10.1. The number of rotatable bonds is 4. The normalized spacial score (nSPS) is 15.7. The lowest BCUT2D eigenvalue weighted by Crippen LogP contribution is -2.46. The topological polar surface area (TPSA) is 32.3 Å². The second-order valence-electron chi connectivity index (χ2n) is 7.33. The van der Waals surface area contributed by atoms with Crippen molar-refractivity contribution in [2.45, 2.75) is 26.3 Å². The number of anilines is 1. The minimum Gasteiger partial charge on any atom is -0.353 e. The number of piperazine rings is 1. The molecule has 0 amide bonds. The summed E-state index contributed by atoms with van der Waals surface area (Å²) >= 11 is 0. The summed E-state index contributed by atoms with van der Waals surface area (Å²) < 4.78 is 0. The van der Waals surface area contributed by atoms with Crippen LogP contribution in [0.25, 0.3) is 10.9 Å². The fraction of sp³-hybridized carbons (Fsp3) is 0.364. The van der Waals surface area contributed by atoms with E-state index in [1.165, 1.54) is 5.56 Å². The second-order valence-corrected chi connectivity index (χ2v) is 7.33. The van der Waals surface area contributed by atoms with Crippen molar-refractivity contribution in [1.82, 2.24) is 14.9 Å². The molecule has 0 atom stereocenters. The van der Waals surface area contributed by atoms with E-state index in [4.69, 9.17) is 9.97 Å². The second kappa shape index (κ2) is 7.42. The molecule has 0 unspecified atom stereocenters. The molecule has 1 aliphatic rings. The molecule has 0 bridgehead atoms. The van der Waals surface area contributed by atoms with Crippen molar-refractivity contribution in [1.29, 1.82) is 0 Å². The third-order valence-corrected chi connectivity index (χ3v) is 5.04. The smallest absolute Gasteiger partial charge is 0.140 e. The van der Waals surface area contributed by atoms with Crippen molar-refractivity contribution in [3.05, 3.63) is 66.0 Å². The summed E-state index contributed by atoms with van der Waals surface area (Å²) in [6.07, 6.45) is 0. The summed E-state index contributed by atoms with van der Waals surface area (Å²) in [5.74, 6) is 2.36. The van der Waals surface area contributed by atoms with E-state index >= 15 is 0 Å². The van der Waals surface area contributed by atoms with E-state index in [1.54, 1.807) is 0 Å². The number of benzene rings is 2. The Bertz CT molecular complexity index is 868. The summed E-state index contributed by atoms with van der Waals surface area (Å²) in [7, 11) is 0. The molecule has 2 heterocycles. The molecule has 0 N–H and O–H groups in total. The Morgan fingerprint density at radius 3 is 2.27 bits per heavy atom. The van der Waals surface area contributed by atoms with Gasteiger partial charge in [0.25, 0.3) is 0 Å². The number of hydrogen-bond acceptors (Lipinski definition) is 4. The molecule has 4 rings (SSSR count). The summed E-state index contributed by atoms with van der Waals surface area (Å²) in [6, 6.07) is 19.1. The average Bonchev–Trinajstić information content (AvgIpc) is 2.68. The predicted octanol–water partition coefficient (Wildman–Crippen LogP) is 4.08. The van der Waals surface area contributed by atoms with Crippen LogP contribution < -0.4 is 4.90 Å². The summed E-state index contributed by atoms with van der Waals surface area (Å²) in [6.45, 7) is 9.47. The molecule has 4 nitrogen and oxygen atoms in total. The van der Waals surface area contributed by atoms with E-state index in [0.29, 0.717) is 5.92 Å². The van der Waals surface area contributed by atoms with Crippen molar-refractivity contribution in [2.24, 2.45) is 0 Å². The van der Waals surface area contributed by atoms with Gasteiger partial charge in [-0.05, 0) is 17.7 Å². The molecule has 2 aromatic carbocycles. The fourth-order valence-corrected chi connectivity index (χ4v) is 3.54. The van der Waals surface area contributed by atoms with Gasteiger partial charge in [-0.15, -0.1) is 0 Å². The quantitative estimate of drug-likeness (QED) is 0.713. The van der Waals surface area contributed by atoms with Crippen LogP contribution in [0.5, 0.6) is 0 Å². The number of para-hydroxylation sites is 1. The van der Waals surface area contributed by atoms with Crippen molar-refractivity contribution < 1.29 is 0 Å². The van der Waals surface area contributed by atoms with Crippen LogP contribution in [0.3, 0.4) is 0 Å². The minimum atomic E-state index is 0.331. The Hall–Kier alpha value is -2.46. The van der Waals surface area contributed by atoms with Gasteiger partial charge in [0.15, 0.2) is 0 Å². The minimum absolute atomic E-state index is 0.331. The number of aromatic nitrogens is 2. The van der Waals surface area contributed by atoms with Crippen LogP contribution in [0.4, 0.5) is 5.82 Å². The van der Waals surface area contributed by atoms with Crippen LogP contribution in [0.1, 0.15) is 31.2 Å². The summed E-state index contributed by atoms with van der Waals surface area (Å²) in [5, 5.41) is 1.16. The van der Waals surface area contributed by atoms with E-state index in [9.17, 15) is 0 Å². The molecule has 3 aromatic rings. The maximum Gasteiger partial charge on any atom is 0.140 e. The summed E-state index contributed by atoms with van der Waals surface area (Å²) in [4.78, 5) is 14.6. The van der Waals surface area contributed by atoms with E-state index in [1.807, 2.05) is 0 Å². The van der Waals surface area contributed by atoms with Gasteiger partial charge in [0.2, 0.25) is 0 Å². The van der Waals surface area contributed by atoms with Gasteiger partial charge in [0, 0.05) is 44.0 Å². The van der Waals surface area contributed by atoms with E-state index in [0.717, 1.165) is 55.3 Å². The van der Waals surface area contributed by atoms with Gasteiger partial charge < -0.3 is 4.90 Å². The van der Waals surface area contributed by atoms with Crippen LogP contribution >= 0.6 is 0 Å². The standard InChI is InChI=1S/C22H26N4/c1-17(2)21-23-20-11-7-6-10-19(20)22(24-21)26-14-12-25(13-15-26)16-18-8-4-3-5-9-18/h3-11,17H,12-16H2,1-2H3. The van der Waals surface area contributed by atoms with Crippen molar-refractivity contribution in [3.8, 4) is 0 Å². The van der Waals surface area contributed by atoms with Crippen molar-refractivity contribution in [2.75, 3.05) is 31.1 Å². The van der Waals surface area contributed by atoms with E-state index in [2.05, 4.69) is 78.2 Å². The lowest BCUT2D eigenvalue weighted by Gasteiger charge is -2.36. The molecule has 0 spiro atoms. The molecule has 0 saturated carbocycles. The number of hydrogen-bond donors (Lipinski definition) is 0. The van der Waals surface area contributed by atoms with E-state index in [-0.39, 0.29) is 0 Å². The highest BCUT2D eigenvalue weighted by Gasteiger charge is 2.21. The predicted molar refractivity (Wildman–Crippen MR) is 108 cm³/mol. The van der Waals surface area contributed by atoms with Crippen LogP contribution in [0.15, 0.2) is 54.6 Å². The average molecular weight is 346 g/mol. The monoisotopic (exact) mass is 346 g/mol. The Morgan fingerprint density at radius 2 is 1.54 bits per heavy atom. The highest BCUT2D eigenvalue weighted by Crippen LogP contribution is 2.27. The Labute approximate surface area is 155 Å². The van der Waals surface area contributed by atoms with Crippen LogP contribution in [-0.4, -0.2) is 41.0 Å². The van der Waals surface area contributed by atoms with Gasteiger partial charge in [0.05, 0.1) is 5.52 Å². The molecular weight excluding hydrogens is 320 g/mol. The maximum absolute atomic E-state index is 4.93. The highest BCUT2D eigenvalue weighted by molar-refractivity contribution is 5.89. The third kappa shape index (κ3) is 3.56. The highest BCUT2D eigenvalue weighted by atomic mass is 15.3. The molecular formula is C22H26N4. The van der Waals surface area contributed by atoms with Gasteiger partial charge in [-0.1, -0.05) is 56.3 Å². The maximum atomic E-state index is 4.93. The van der Waals surface area contributed by atoms with E-state index < -0.39 is 0 Å². The largest absolute Gasteiger partial charge is 0.353 e. The molecule has 0 radical (unpaired) electrons. The number of nitrogens with zero attached hydrogens (tertiary/aromatic N) is 4. The summed E-state index contributed by atoms with van der Waals surface area (Å²) in [5.41, 5.74) is 2.43. The Kier molecular flexibility index (Phi) is 4.85. The van der Waals surface area contributed by atoms with Crippen molar-refractivity contribution in [3.63, 3.8) is 0 Å². The molecule has 1 aliphatic heterocycles. The zero-order valence-electron chi connectivity index (χ0n) is 15.6. The van der Waals surface area contributed by atoms with Gasteiger partial charge in [0.1, 0.15) is 11.6 Å². The first-order chi connectivity index (χ1) is 12.7. The first kappa shape index (κ1) is 17.0. The zero-order chi connectivity index (χ0) is 17.9. The Balaban J connectivity index is 1.54. The van der Waals surface area contributed by atoms with Crippen molar-refractivity contribution >= 4 is 16.7 Å². The van der Waals surface area contributed by atoms with Crippen LogP contribution in [0, 0.1) is 0 Å². The first-order valence-electron chi connectivity index (χ1n) is 9.48. The van der Waals surface area contributed by atoms with Gasteiger partial charge in [-0.3, -0.25) is 4.90 Å². The molecule has 26 heavy (non-hydrogen) atoms. The number of fused-ring (bicyclic) bond motifs is 1. The molecule has 1 saturated heterocycles.